The zero-order valence-electron chi connectivity index (χ0n) is 14.2. The SMILES string of the molecule is N[C@H]1[C@@H](S(=O)(=O)c2ccccc2)[C@H]2CC[C@]1(/C=C\CCCC(=O)O)C2. The van der Waals surface area contributed by atoms with Crippen LogP contribution in [0.4, 0.5) is 0 Å². The van der Waals surface area contributed by atoms with E-state index in [-0.39, 0.29) is 17.8 Å². The standard InChI is InChI=1S/C19H25NO4S/c20-18-17(25(23,24)15-7-3-1-4-8-15)14-10-12-19(18,13-14)11-6-2-5-9-16(21)22/h1,3-4,6-8,11,14,17-18H,2,5,9-10,12-13,20H2,(H,21,22)/b11-6-/t14-,17-,18-,19+/m0/s1. The largest absolute Gasteiger partial charge is 0.481 e. The molecule has 0 saturated heterocycles. The first kappa shape index (κ1) is 18.1. The van der Waals surface area contributed by atoms with E-state index in [1.54, 1.807) is 30.3 Å². The van der Waals surface area contributed by atoms with Crippen LogP contribution < -0.4 is 5.73 Å². The van der Waals surface area contributed by atoms with Gasteiger partial charge in [-0.3, -0.25) is 4.79 Å². The van der Waals surface area contributed by atoms with E-state index in [2.05, 4.69) is 6.08 Å². The molecule has 2 bridgehead atoms. The van der Waals surface area contributed by atoms with Crippen LogP contribution in [0.25, 0.3) is 0 Å². The van der Waals surface area contributed by atoms with Crippen LogP contribution in [0.2, 0.25) is 0 Å². The van der Waals surface area contributed by atoms with Crippen molar-refractivity contribution in [3.63, 3.8) is 0 Å². The minimum absolute atomic E-state index is 0.101. The lowest BCUT2D eigenvalue weighted by atomic mass is 9.79. The first-order valence-corrected chi connectivity index (χ1v) is 10.4. The summed E-state index contributed by atoms with van der Waals surface area (Å²) in [4.78, 5) is 10.9. The van der Waals surface area contributed by atoms with Gasteiger partial charge in [-0.2, -0.15) is 0 Å². The Labute approximate surface area is 148 Å². The Morgan fingerprint density at radius 1 is 1.32 bits per heavy atom. The Bertz CT molecular complexity index is 759. The lowest BCUT2D eigenvalue weighted by molar-refractivity contribution is -0.137. The number of carbonyl (C=O) groups is 1. The van der Waals surface area contributed by atoms with Crippen LogP contribution in [-0.4, -0.2) is 30.8 Å². The smallest absolute Gasteiger partial charge is 0.303 e. The first-order chi connectivity index (χ1) is 11.9. The van der Waals surface area contributed by atoms with E-state index in [1.165, 1.54) is 0 Å². The molecule has 0 aromatic heterocycles. The molecule has 0 radical (unpaired) electrons. The van der Waals surface area contributed by atoms with Gasteiger partial charge < -0.3 is 10.8 Å². The summed E-state index contributed by atoms with van der Waals surface area (Å²) in [6.07, 6.45) is 8.08. The summed E-state index contributed by atoms with van der Waals surface area (Å²) in [6, 6.07) is 8.16. The fraction of sp³-hybridized carbons (Fsp3) is 0.526. The van der Waals surface area contributed by atoms with E-state index in [0.29, 0.717) is 17.7 Å². The van der Waals surface area contributed by atoms with Gasteiger partial charge in [-0.25, -0.2) is 8.42 Å². The summed E-state index contributed by atoms with van der Waals surface area (Å²) >= 11 is 0. The number of benzene rings is 1. The molecule has 2 fully saturated rings. The number of fused-ring (bicyclic) bond motifs is 2. The fourth-order valence-electron chi connectivity index (χ4n) is 4.52. The maximum absolute atomic E-state index is 13.1. The molecule has 0 aliphatic heterocycles. The average molecular weight is 363 g/mol. The zero-order chi connectivity index (χ0) is 18.1. The molecule has 25 heavy (non-hydrogen) atoms. The highest BCUT2D eigenvalue weighted by atomic mass is 32.2. The number of unbranched alkanes of at least 4 members (excludes halogenated alkanes) is 1. The predicted molar refractivity (Wildman–Crippen MR) is 95.8 cm³/mol. The van der Waals surface area contributed by atoms with Crippen LogP contribution >= 0.6 is 0 Å². The van der Waals surface area contributed by atoms with Gasteiger partial charge in [0.1, 0.15) is 0 Å². The van der Waals surface area contributed by atoms with Crippen molar-refractivity contribution >= 4 is 15.8 Å². The lowest BCUT2D eigenvalue weighted by Crippen LogP contribution is -2.49. The first-order valence-electron chi connectivity index (χ1n) is 8.81. The molecule has 1 aromatic carbocycles. The van der Waals surface area contributed by atoms with Crippen LogP contribution in [0, 0.1) is 11.3 Å². The highest BCUT2D eigenvalue weighted by molar-refractivity contribution is 7.92. The van der Waals surface area contributed by atoms with Crippen molar-refractivity contribution in [1.82, 2.24) is 0 Å². The fourth-order valence-corrected chi connectivity index (χ4v) is 6.76. The molecule has 1 aromatic rings. The van der Waals surface area contributed by atoms with E-state index in [0.717, 1.165) is 19.3 Å². The van der Waals surface area contributed by atoms with Gasteiger partial charge in [0.25, 0.3) is 0 Å². The van der Waals surface area contributed by atoms with E-state index in [9.17, 15) is 13.2 Å². The summed E-state index contributed by atoms with van der Waals surface area (Å²) in [7, 11) is -3.44. The third-order valence-electron chi connectivity index (χ3n) is 5.75. The molecule has 0 heterocycles. The molecule has 5 nitrogen and oxygen atoms in total. The van der Waals surface area contributed by atoms with E-state index in [4.69, 9.17) is 10.8 Å². The highest BCUT2D eigenvalue weighted by Gasteiger charge is 2.59. The topological polar surface area (TPSA) is 97.5 Å². The highest BCUT2D eigenvalue weighted by Crippen LogP contribution is 2.57. The molecule has 136 valence electrons. The normalized spacial score (nSPS) is 31.6. The summed E-state index contributed by atoms with van der Waals surface area (Å²) < 4.78 is 26.1. The molecule has 0 amide bonds. The Morgan fingerprint density at radius 3 is 2.72 bits per heavy atom. The number of carboxylic acid groups (broad SMARTS) is 1. The Hall–Kier alpha value is -1.66. The molecule has 2 aliphatic rings. The third kappa shape index (κ3) is 3.37. The molecule has 6 heteroatoms. The van der Waals surface area contributed by atoms with Crippen LogP contribution in [0.5, 0.6) is 0 Å². The van der Waals surface area contributed by atoms with Crippen LogP contribution in [0.15, 0.2) is 47.4 Å². The molecule has 4 atom stereocenters. The molecular formula is C19H25NO4S. The molecular weight excluding hydrogens is 338 g/mol. The molecule has 2 aliphatic carbocycles. The number of sulfone groups is 1. The Morgan fingerprint density at radius 2 is 2.04 bits per heavy atom. The van der Waals surface area contributed by atoms with Crippen LogP contribution in [0.1, 0.15) is 38.5 Å². The minimum Gasteiger partial charge on any atom is -0.481 e. The number of aliphatic carboxylic acids is 1. The van der Waals surface area contributed by atoms with E-state index < -0.39 is 27.1 Å². The maximum atomic E-state index is 13.1. The second-order valence-electron chi connectivity index (χ2n) is 7.27. The van der Waals surface area contributed by atoms with Crippen molar-refractivity contribution in [2.24, 2.45) is 17.1 Å². The molecule has 0 spiro atoms. The lowest BCUT2D eigenvalue weighted by Gasteiger charge is -2.34. The summed E-state index contributed by atoms with van der Waals surface area (Å²) in [6.45, 7) is 0. The second-order valence-corrected chi connectivity index (χ2v) is 9.38. The average Bonchev–Trinajstić information content (AvgIpc) is 3.11. The van der Waals surface area contributed by atoms with E-state index >= 15 is 0 Å². The Balaban J connectivity index is 1.76. The molecule has 0 unspecified atom stereocenters. The van der Waals surface area contributed by atoms with Crippen molar-refractivity contribution in [2.75, 3.05) is 0 Å². The van der Waals surface area contributed by atoms with Crippen molar-refractivity contribution < 1.29 is 18.3 Å². The number of hydrogen-bond acceptors (Lipinski definition) is 4. The van der Waals surface area contributed by atoms with E-state index in [1.807, 2.05) is 6.08 Å². The van der Waals surface area contributed by atoms with Gasteiger partial charge in [0.2, 0.25) is 0 Å². The van der Waals surface area contributed by atoms with Gasteiger partial charge in [-0.1, -0.05) is 30.4 Å². The molecule has 2 saturated carbocycles. The van der Waals surface area contributed by atoms with Gasteiger partial charge in [-0.05, 0) is 50.2 Å². The predicted octanol–water partition coefficient (Wildman–Crippen LogP) is 2.77. The van der Waals surface area contributed by atoms with Gasteiger partial charge in [-0.15, -0.1) is 0 Å². The minimum atomic E-state index is -3.44. The van der Waals surface area contributed by atoms with Crippen molar-refractivity contribution in [1.29, 1.82) is 0 Å². The van der Waals surface area contributed by atoms with Crippen LogP contribution in [0.3, 0.4) is 0 Å². The summed E-state index contributed by atoms with van der Waals surface area (Å²) in [5, 5.41) is 8.16. The Kier molecular flexibility index (Phi) is 5.02. The van der Waals surface area contributed by atoms with Crippen molar-refractivity contribution in [2.45, 2.75) is 54.7 Å². The zero-order valence-corrected chi connectivity index (χ0v) is 15.0. The molecule has 3 rings (SSSR count). The monoisotopic (exact) mass is 363 g/mol. The van der Waals surface area contributed by atoms with Gasteiger partial charge >= 0.3 is 5.97 Å². The quantitative estimate of drug-likeness (QED) is 0.573. The van der Waals surface area contributed by atoms with Gasteiger partial charge in [0.15, 0.2) is 9.84 Å². The number of nitrogens with two attached hydrogens (primary N) is 1. The van der Waals surface area contributed by atoms with Crippen LogP contribution in [-0.2, 0) is 14.6 Å². The summed E-state index contributed by atoms with van der Waals surface area (Å²) in [5.41, 5.74) is 6.20. The number of carboxylic acids is 1. The maximum Gasteiger partial charge on any atom is 0.303 e. The number of allylic oxidation sites excluding steroid dienone is 1. The summed E-state index contributed by atoms with van der Waals surface area (Å²) in [5.74, 6) is -0.692. The third-order valence-corrected chi connectivity index (χ3v) is 8.07. The second kappa shape index (κ2) is 6.92. The van der Waals surface area contributed by atoms with Gasteiger partial charge in [0.05, 0.1) is 10.1 Å². The number of rotatable bonds is 7. The van der Waals surface area contributed by atoms with Gasteiger partial charge in [0, 0.05) is 17.9 Å². The molecule has 3 N–H and O–H groups in total. The van der Waals surface area contributed by atoms with Crippen molar-refractivity contribution in [3.8, 4) is 0 Å². The number of hydrogen-bond donors (Lipinski definition) is 2. The van der Waals surface area contributed by atoms with Crippen molar-refractivity contribution in [3.05, 3.63) is 42.5 Å².